The van der Waals surface area contributed by atoms with Crippen LogP contribution in [-0.4, -0.2) is 5.91 Å². The van der Waals surface area contributed by atoms with Crippen LogP contribution in [0.1, 0.15) is 42.7 Å². The van der Waals surface area contributed by atoms with E-state index in [2.05, 4.69) is 30.3 Å². The van der Waals surface area contributed by atoms with E-state index in [1.54, 1.807) is 0 Å². The van der Waals surface area contributed by atoms with Crippen molar-refractivity contribution in [1.29, 1.82) is 0 Å². The maximum atomic E-state index is 13.1. The molecule has 1 heterocycles. The van der Waals surface area contributed by atoms with Crippen molar-refractivity contribution in [3.05, 3.63) is 65.7 Å². The molecular weight excluding hydrogens is 270 g/mol. The molecule has 0 unspecified atom stereocenters. The highest BCUT2D eigenvalue weighted by atomic mass is 16.2. The van der Waals surface area contributed by atoms with E-state index in [1.807, 2.05) is 29.2 Å². The van der Waals surface area contributed by atoms with Gasteiger partial charge in [0.1, 0.15) is 0 Å². The Morgan fingerprint density at radius 3 is 2.36 bits per heavy atom. The molecule has 0 bridgehead atoms. The summed E-state index contributed by atoms with van der Waals surface area (Å²) in [4.78, 5) is 15.1. The third-order valence-corrected chi connectivity index (χ3v) is 5.16. The summed E-state index contributed by atoms with van der Waals surface area (Å²) >= 11 is 0. The summed E-state index contributed by atoms with van der Waals surface area (Å²) in [6.07, 6.45) is 4.64. The highest BCUT2D eigenvalue weighted by Crippen LogP contribution is 2.46. The molecule has 4 rings (SSSR count). The first-order chi connectivity index (χ1) is 10.8. The lowest BCUT2D eigenvalue weighted by atomic mass is 9.72. The van der Waals surface area contributed by atoms with Gasteiger partial charge in [0.15, 0.2) is 0 Å². The van der Waals surface area contributed by atoms with Crippen LogP contribution in [0.3, 0.4) is 0 Å². The average molecular weight is 291 g/mol. The second-order valence-electron chi connectivity index (χ2n) is 6.47. The fourth-order valence-electron chi connectivity index (χ4n) is 4.09. The first-order valence-electron chi connectivity index (χ1n) is 8.29. The summed E-state index contributed by atoms with van der Waals surface area (Å²) in [7, 11) is 0. The molecule has 2 aromatic carbocycles. The topological polar surface area (TPSA) is 20.3 Å². The van der Waals surface area contributed by atoms with Gasteiger partial charge in [0, 0.05) is 11.6 Å². The molecule has 0 saturated heterocycles. The maximum Gasteiger partial charge on any atom is 0.231 e. The van der Waals surface area contributed by atoms with Crippen LogP contribution in [0.2, 0.25) is 0 Å². The molecule has 0 spiro atoms. The number of hydrogen-bond acceptors (Lipinski definition) is 1. The Kier molecular flexibility index (Phi) is 3.45. The fraction of sp³-hybridized carbons (Fsp3) is 0.350. The van der Waals surface area contributed by atoms with Gasteiger partial charge >= 0.3 is 0 Å². The van der Waals surface area contributed by atoms with Crippen LogP contribution in [0.15, 0.2) is 54.6 Å². The van der Waals surface area contributed by atoms with Gasteiger partial charge in [0.2, 0.25) is 5.91 Å². The van der Waals surface area contributed by atoms with Gasteiger partial charge in [0.05, 0.1) is 6.54 Å². The third-order valence-electron chi connectivity index (χ3n) is 5.16. The second-order valence-corrected chi connectivity index (χ2v) is 6.47. The number of fused-ring (bicyclic) bond motifs is 3. The molecule has 2 atom stereocenters. The number of para-hydroxylation sites is 1. The van der Waals surface area contributed by atoms with Gasteiger partial charge in [-0.25, -0.2) is 0 Å². The zero-order valence-electron chi connectivity index (χ0n) is 12.7. The van der Waals surface area contributed by atoms with Gasteiger partial charge < -0.3 is 4.90 Å². The summed E-state index contributed by atoms with van der Waals surface area (Å²) in [6, 6.07) is 18.8. The SMILES string of the molecule is O=C1[C@H]2CCCC[C@H]2c2ccccc2N1Cc1ccccc1. The summed E-state index contributed by atoms with van der Waals surface area (Å²) < 4.78 is 0. The van der Waals surface area contributed by atoms with Crippen molar-refractivity contribution in [2.75, 3.05) is 4.90 Å². The standard InChI is InChI=1S/C20H21NO/c22-20-18-12-5-4-10-16(18)17-11-6-7-13-19(17)21(20)14-15-8-2-1-3-9-15/h1-3,6-9,11,13,16,18H,4-5,10,12,14H2/t16-,18-/m0/s1. The Morgan fingerprint density at radius 1 is 0.864 bits per heavy atom. The van der Waals surface area contributed by atoms with Crippen LogP contribution >= 0.6 is 0 Å². The van der Waals surface area contributed by atoms with Crippen molar-refractivity contribution in [2.24, 2.45) is 5.92 Å². The smallest absolute Gasteiger partial charge is 0.231 e. The molecule has 112 valence electrons. The van der Waals surface area contributed by atoms with Gasteiger partial charge in [-0.1, -0.05) is 61.4 Å². The van der Waals surface area contributed by atoms with Crippen molar-refractivity contribution < 1.29 is 4.79 Å². The van der Waals surface area contributed by atoms with E-state index in [4.69, 9.17) is 0 Å². The largest absolute Gasteiger partial charge is 0.307 e. The summed E-state index contributed by atoms with van der Waals surface area (Å²) in [5.74, 6) is 0.948. The van der Waals surface area contributed by atoms with Crippen molar-refractivity contribution in [3.8, 4) is 0 Å². The Bertz CT molecular complexity index is 679. The van der Waals surface area contributed by atoms with Crippen LogP contribution in [0.5, 0.6) is 0 Å². The van der Waals surface area contributed by atoms with E-state index < -0.39 is 0 Å². The van der Waals surface area contributed by atoms with E-state index in [-0.39, 0.29) is 5.92 Å². The molecule has 0 aromatic heterocycles. The number of carbonyl (C=O) groups excluding carboxylic acids is 1. The van der Waals surface area contributed by atoms with E-state index in [0.717, 1.165) is 18.5 Å². The predicted molar refractivity (Wildman–Crippen MR) is 88.8 cm³/mol. The van der Waals surface area contributed by atoms with Crippen LogP contribution < -0.4 is 4.90 Å². The van der Waals surface area contributed by atoms with Crippen LogP contribution in [0.25, 0.3) is 0 Å². The lowest BCUT2D eigenvalue weighted by Gasteiger charge is -2.41. The number of hydrogen-bond donors (Lipinski definition) is 0. The van der Waals surface area contributed by atoms with Gasteiger partial charge in [-0.2, -0.15) is 0 Å². The van der Waals surface area contributed by atoms with Gasteiger partial charge in [-0.05, 0) is 36.0 Å². The van der Waals surface area contributed by atoms with Crippen molar-refractivity contribution >= 4 is 11.6 Å². The number of carbonyl (C=O) groups is 1. The zero-order valence-corrected chi connectivity index (χ0v) is 12.7. The number of amides is 1. The normalized spacial score (nSPS) is 23.8. The lowest BCUT2D eigenvalue weighted by molar-refractivity contribution is -0.124. The Morgan fingerprint density at radius 2 is 1.55 bits per heavy atom. The van der Waals surface area contributed by atoms with Crippen molar-refractivity contribution in [2.45, 2.75) is 38.1 Å². The van der Waals surface area contributed by atoms with E-state index >= 15 is 0 Å². The van der Waals surface area contributed by atoms with Gasteiger partial charge in [-0.3, -0.25) is 4.79 Å². The van der Waals surface area contributed by atoms with Gasteiger partial charge in [-0.15, -0.1) is 0 Å². The highest BCUT2D eigenvalue weighted by Gasteiger charge is 2.40. The molecule has 1 aliphatic carbocycles. The third kappa shape index (κ3) is 2.23. The van der Waals surface area contributed by atoms with Crippen molar-refractivity contribution in [3.63, 3.8) is 0 Å². The maximum absolute atomic E-state index is 13.1. The van der Waals surface area contributed by atoms with Crippen LogP contribution in [0.4, 0.5) is 5.69 Å². The molecule has 1 fully saturated rings. The van der Waals surface area contributed by atoms with Gasteiger partial charge in [0.25, 0.3) is 0 Å². The number of nitrogens with zero attached hydrogens (tertiary/aromatic N) is 1. The van der Waals surface area contributed by atoms with Crippen LogP contribution in [-0.2, 0) is 11.3 Å². The van der Waals surface area contributed by atoms with Crippen molar-refractivity contribution in [1.82, 2.24) is 0 Å². The number of anilines is 1. The molecule has 2 nitrogen and oxygen atoms in total. The first-order valence-corrected chi connectivity index (χ1v) is 8.29. The number of benzene rings is 2. The average Bonchev–Trinajstić information content (AvgIpc) is 2.59. The Labute approximate surface area is 131 Å². The lowest BCUT2D eigenvalue weighted by Crippen LogP contribution is -2.44. The first kappa shape index (κ1) is 13.6. The molecule has 2 heteroatoms. The fourth-order valence-corrected chi connectivity index (χ4v) is 4.09. The molecule has 1 aliphatic heterocycles. The molecule has 0 N–H and O–H groups in total. The molecule has 1 saturated carbocycles. The molecule has 0 radical (unpaired) electrons. The summed E-state index contributed by atoms with van der Waals surface area (Å²) in [6.45, 7) is 0.680. The van der Waals surface area contributed by atoms with Crippen LogP contribution in [0, 0.1) is 5.92 Å². The molecule has 2 aromatic rings. The van der Waals surface area contributed by atoms with E-state index in [0.29, 0.717) is 18.4 Å². The molecule has 1 amide bonds. The van der Waals surface area contributed by atoms with E-state index in [1.165, 1.54) is 24.0 Å². The molecule has 22 heavy (non-hydrogen) atoms. The Balaban J connectivity index is 1.75. The predicted octanol–water partition coefficient (Wildman–Crippen LogP) is 4.51. The quantitative estimate of drug-likeness (QED) is 0.797. The number of rotatable bonds is 2. The Hall–Kier alpha value is -2.09. The minimum Gasteiger partial charge on any atom is -0.307 e. The summed E-state index contributed by atoms with van der Waals surface area (Å²) in [5.41, 5.74) is 3.70. The molecule has 2 aliphatic rings. The highest BCUT2D eigenvalue weighted by molar-refractivity contribution is 5.99. The minimum atomic E-state index is 0.187. The monoisotopic (exact) mass is 291 g/mol. The minimum absolute atomic E-state index is 0.187. The zero-order chi connectivity index (χ0) is 14.9. The van der Waals surface area contributed by atoms with E-state index in [9.17, 15) is 4.79 Å². The second kappa shape index (κ2) is 5.60. The molecular formula is C20H21NO. The summed E-state index contributed by atoms with van der Waals surface area (Å²) in [5, 5.41) is 0.